The van der Waals surface area contributed by atoms with Crippen molar-refractivity contribution in [3.63, 3.8) is 0 Å². The van der Waals surface area contributed by atoms with E-state index in [1.807, 2.05) is 30.3 Å². The van der Waals surface area contributed by atoms with Crippen LogP contribution in [0, 0.1) is 6.92 Å². The Morgan fingerprint density at radius 2 is 1.92 bits per heavy atom. The number of anilines is 1. The fourth-order valence-corrected chi connectivity index (χ4v) is 3.72. The summed E-state index contributed by atoms with van der Waals surface area (Å²) in [6.07, 6.45) is 2.13. The molecule has 4 nitrogen and oxygen atoms in total. The van der Waals surface area contributed by atoms with Crippen molar-refractivity contribution in [1.82, 2.24) is 14.9 Å². The average molecular weight is 350 g/mol. The van der Waals surface area contributed by atoms with Crippen LogP contribution in [0.25, 0.3) is 11.0 Å². The van der Waals surface area contributed by atoms with Crippen molar-refractivity contribution in [2.45, 2.75) is 25.7 Å². The summed E-state index contributed by atoms with van der Waals surface area (Å²) in [7, 11) is 0. The highest BCUT2D eigenvalue weighted by Gasteiger charge is 2.24. The van der Waals surface area contributed by atoms with Crippen LogP contribution in [0.2, 0.25) is 0 Å². The Balaban J connectivity index is 1.39. The molecule has 0 radical (unpaired) electrons. The number of nitrogens with one attached hydrogen (secondary N) is 2. The molecule has 25 heavy (non-hydrogen) atoms. The molecule has 0 bridgehead atoms. The van der Waals surface area contributed by atoms with Gasteiger partial charge >= 0.3 is 0 Å². The number of likely N-dealkylation sites (tertiary alicyclic amines) is 1. The third kappa shape index (κ3) is 3.51. The number of hydrogen-bond donors (Lipinski definition) is 2. The molecule has 2 N–H and O–H groups in total. The van der Waals surface area contributed by atoms with Crippen molar-refractivity contribution < 1.29 is 0 Å². The first-order valence-electron chi connectivity index (χ1n) is 8.76. The molecule has 0 unspecified atom stereocenters. The van der Waals surface area contributed by atoms with Crippen LogP contribution < -0.4 is 5.32 Å². The molecule has 1 aliphatic rings. The molecule has 128 valence electrons. The summed E-state index contributed by atoms with van der Waals surface area (Å²) in [5.74, 6) is 1.59. The van der Waals surface area contributed by atoms with E-state index < -0.39 is 0 Å². The van der Waals surface area contributed by atoms with Crippen LogP contribution in [0.1, 0.15) is 30.1 Å². The van der Waals surface area contributed by atoms with Crippen molar-refractivity contribution >= 4 is 34.1 Å². The molecular weight excluding hydrogens is 328 g/mol. The molecule has 1 aliphatic heterocycles. The predicted molar refractivity (Wildman–Crippen MR) is 107 cm³/mol. The second kappa shape index (κ2) is 6.84. The van der Waals surface area contributed by atoms with Crippen LogP contribution in [0.3, 0.4) is 0 Å². The highest BCUT2D eigenvalue weighted by atomic mass is 32.1. The van der Waals surface area contributed by atoms with E-state index in [1.54, 1.807) is 0 Å². The van der Waals surface area contributed by atoms with E-state index in [1.165, 1.54) is 5.56 Å². The van der Waals surface area contributed by atoms with Gasteiger partial charge in [-0.15, -0.1) is 0 Å². The fraction of sp³-hybridized carbons (Fsp3) is 0.300. The smallest absolute Gasteiger partial charge is 0.173 e. The molecule has 4 rings (SSSR count). The number of H-pyrrole nitrogens is 1. The number of hydrogen-bond acceptors (Lipinski definition) is 2. The first kappa shape index (κ1) is 16.1. The lowest BCUT2D eigenvalue weighted by atomic mass is 9.96. The van der Waals surface area contributed by atoms with Gasteiger partial charge in [0.2, 0.25) is 0 Å². The molecule has 0 amide bonds. The van der Waals surface area contributed by atoms with Crippen LogP contribution in [-0.4, -0.2) is 33.1 Å². The van der Waals surface area contributed by atoms with Gasteiger partial charge in [-0.2, -0.15) is 0 Å². The Labute approximate surface area is 153 Å². The lowest BCUT2D eigenvalue weighted by Crippen LogP contribution is -2.40. The second-order valence-electron chi connectivity index (χ2n) is 6.70. The maximum absolute atomic E-state index is 5.57. The average Bonchev–Trinajstić information content (AvgIpc) is 3.06. The molecule has 1 saturated heterocycles. The number of aromatic amines is 1. The molecule has 0 saturated carbocycles. The Kier molecular flexibility index (Phi) is 4.40. The van der Waals surface area contributed by atoms with E-state index in [2.05, 4.69) is 40.3 Å². The van der Waals surface area contributed by atoms with Gasteiger partial charge in [-0.3, -0.25) is 0 Å². The monoisotopic (exact) mass is 350 g/mol. The van der Waals surface area contributed by atoms with Crippen LogP contribution in [-0.2, 0) is 0 Å². The lowest BCUT2D eigenvalue weighted by molar-refractivity contribution is 0.311. The molecule has 1 aromatic heterocycles. The van der Waals surface area contributed by atoms with Crippen molar-refractivity contribution in [3.05, 3.63) is 59.9 Å². The van der Waals surface area contributed by atoms with Crippen molar-refractivity contribution in [3.8, 4) is 0 Å². The first-order chi connectivity index (χ1) is 12.2. The van der Waals surface area contributed by atoms with E-state index >= 15 is 0 Å². The number of rotatable bonds is 2. The van der Waals surface area contributed by atoms with Gasteiger partial charge < -0.3 is 15.2 Å². The standard InChI is InChI=1S/C20H22N4S/c1-14-7-8-17-18(13-14)23-19(22-17)15-9-11-24(12-10-15)20(25)21-16-5-3-2-4-6-16/h2-8,13,15H,9-12H2,1H3,(H,21,25)(H,22,23). The fourth-order valence-electron chi connectivity index (χ4n) is 3.42. The van der Waals surface area contributed by atoms with Crippen LogP contribution in [0.15, 0.2) is 48.5 Å². The van der Waals surface area contributed by atoms with E-state index in [0.717, 1.165) is 53.6 Å². The first-order valence-corrected chi connectivity index (χ1v) is 9.17. The van der Waals surface area contributed by atoms with Crippen molar-refractivity contribution in [2.24, 2.45) is 0 Å². The van der Waals surface area contributed by atoms with Crippen LogP contribution in [0.4, 0.5) is 5.69 Å². The number of piperidine rings is 1. The van der Waals surface area contributed by atoms with Gasteiger partial charge in [-0.05, 0) is 61.8 Å². The van der Waals surface area contributed by atoms with Gasteiger partial charge in [0.15, 0.2) is 5.11 Å². The molecule has 0 aliphatic carbocycles. The summed E-state index contributed by atoms with van der Waals surface area (Å²) in [4.78, 5) is 10.6. The lowest BCUT2D eigenvalue weighted by Gasteiger charge is -2.33. The largest absolute Gasteiger partial charge is 0.349 e. The number of para-hydroxylation sites is 1. The summed E-state index contributed by atoms with van der Waals surface area (Å²) in [6.45, 7) is 4.03. The minimum absolute atomic E-state index is 0.475. The van der Waals surface area contributed by atoms with Gasteiger partial charge in [0.05, 0.1) is 11.0 Å². The summed E-state index contributed by atoms with van der Waals surface area (Å²) in [5, 5.41) is 4.14. The molecule has 2 heterocycles. The number of fused-ring (bicyclic) bond motifs is 1. The molecule has 1 fully saturated rings. The van der Waals surface area contributed by atoms with E-state index in [9.17, 15) is 0 Å². The summed E-state index contributed by atoms with van der Waals surface area (Å²) >= 11 is 5.57. The number of aromatic nitrogens is 2. The Bertz CT molecular complexity index is 879. The zero-order valence-corrected chi connectivity index (χ0v) is 15.1. The van der Waals surface area contributed by atoms with Crippen LogP contribution >= 0.6 is 12.2 Å². The third-order valence-corrected chi connectivity index (χ3v) is 5.21. The van der Waals surface area contributed by atoms with E-state index in [0.29, 0.717) is 5.92 Å². The van der Waals surface area contributed by atoms with Crippen LogP contribution in [0.5, 0.6) is 0 Å². The maximum atomic E-state index is 5.57. The van der Waals surface area contributed by atoms with E-state index in [4.69, 9.17) is 17.2 Å². The Morgan fingerprint density at radius 1 is 1.16 bits per heavy atom. The van der Waals surface area contributed by atoms with Gasteiger partial charge in [-0.1, -0.05) is 24.3 Å². The number of benzene rings is 2. The van der Waals surface area contributed by atoms with Crippen molar-refractivity contribution in [1.29, 1.82) is 0 Å². The number of nitrogens with zero attached hydrogens (tertiary/aromatic N) is 2. The maximum Gasteiger partial charge on any atom is 0.173 e. The highest BCUT2D eigenvalue weighted by molar-refractivity contribution is 7.80. The zero-order valence-electron chi connectivity index (χ0n) is 14.3. The molecule has 0 spiro atoms. The minimum Gasteiger partial charge on any atom is -0.349 e. The number of imidazole rings is 1. The highest BCUT2D eigenvalue weighted by Crippen LogP contribution is 2.28. The molecule has 3 aromatic rings. The molecule has 5 heteroatoms. The Hall–Kier alpha value is -2.40. The quantitative estimate of drug-likeness (QED) is 0.670. The van der Waals surface area contributed by atoms with Gasteiger partial charge in [-0.25, -0.2) is 4.98 Å². The molecular formula is C20H22N4S. The second-order valence-corrected chi connectivity index (χ2v) is 7.09. The Morgan fingerprint density at radius 3 is 2.68 bits per heavy atom. The predicted octanol–water partition coefficient (Wildman–Crippen LogP) is 4.45. The summed E-state index contributed by atoms with van der Waals surface area (Å²) in [6, 6.07) is 16.5. The normalized spacial score (nSPS) is 15.5. The topological polar surface area (TPSA) is 44.0 Å². The number of aryl methyl sites for hydroxylation is 1. The summed E-state index contributed by atoms with van der Waals surface area (Å²) in [5.41, 5.74) is 4.50. The minimum atomic E-state index is 0.475. The van der Waals surface area contributed by atoms with Crippen molar-refractivity contribution in [2.75, 3.05) is 18.4 Å². The zero-order chi connectivity index (χ0) is 17.2. The van der Waals surface area contributed by atoms with Gasteiger partial charge in [0.25, 0.3) is 0 Å². The SMILES string of the molecule is Cc1ccc2nc(C3CCN(C(=S)Nc4ccccc4)CC3)[nH]c2c1. The molecule has 0 atom stereocenters. The molecule has 2 aromatic carbocycles. The third-order valence-electron chi connectivity index (χ3n) is 4.85. The van der Waals surface area contributed by atoms with E-state index in [-0.39, 0.29) is 0 Å². The van der Waals surface area contributed by atoms with Gasteiger partial charge in [0.1, 0.15) is 5.82 Å². The van der Waals surface area contributed by atoms with Gasteiger partial charge in [0, 0.05) is 24.7 Å². The number of thiocarbonyl (C=S) groups is 1. The summed E-state index contributed by atoms with van der Waals surface area (Å²) < 4.78 is 0.